The maximum atomic E-state index is 12.5. The van der Waals surface area contributed by atoms with Crippen molar-refractivity contribution in [1.82, 2.24) is 4.90 Å². The summed E-state index contributed by atoms with van der Waals surface area (Å²) in [4.78, 5) is 15.7. The van der Waals surface area contributed by atoms with Crippen molar-refractivity contribution < 1.29 is 9.53 Å². The van der Waals surface area contributed by atoms with Gasteiger partial charge in [0.25, 0.3) is 0 Å². The van der Waals surface area contributed by atoms with Crippen LogP contribution in [0.5, 0.6) is 0 Å². The maximum Gasteiger partial charge on any atom is 0.341 e. The minimum absolute atomic E-state index is 0.328. The van der Waals surface area contributed by atoms with E-state index in [1.807, 2.05) is 43.3 Å². The van der Waals surface area contributed by atoms with Gasteiger partial charge in [0, 0.05) is 18.0 Å². The molecule has 0 aliphatic heterocycles. The second-order valence-corrected chi connectivity index (χ2v) is 9.00. The summed E-state index contributed by atoms with van der Waals surface area (Å²) in [6, 6.07) is 11.9. The number of anilines is 1. The van der Waals surface area contributed by atoms with Crippen molar-refractivity contribution >= 4 is 39.6 Å². The van der Waals surface area contributed by atoms with E-state index < -0.39 is 0 Å². The summed E-state index contributed by atoms with van der Waals surface area (Å²) in [5, 5.41) is 4.71. The highest BCUT2D eigenvalue weighted by atomic mass is 32.1. The van der Waals surface area contributed by atoms with Gasteiger partial charge < -0.3 is 15.0 Å². The van der Waals surface area contributed by atoms with Crippen LogP contribution in [0.4, 0.5) is 5.00 Å². The molecule has 152 valence electrons. The molecule has 1 N–H and O–H groups in total. The van der Waals surface area contributed by atoms with E-state index in [2.05, 4.69) is 37.9 Å². The highest BCUT2D eigenvalue weighted by molar-refractivity contribution is 7.80. The lowest BCUT2D eigenvalue weighted by Crippen LogP contribution is -2.39. The van der Waals surface area contributed by atoms with E-state index in [1.54, 1.807) is 0 Å². The van der Waals surface area contributed by atoms with E-state index in [1.165, 1.54) is 11.3 Å². The molecule has 0 fully saturated rings. The van der Waals surface area contributed by atoms with E-state index in [4.69, 9.17) is 17.0 Å². The Morgan fingerprint density at radius 2 is 1.75 bits per heavy atom. The Balaban J connectivity index is 2.32. The third-order valence-electron chi connectivity index (χ3n) is 3.96. The number of hydrogen-bond acceptors (Lipinski definition) is 4. The first kappa shape index (κ1) is 22.4. The lowest BCUT2D eigenvalue weighted by Gasteiger charge is -2.29. The molecule has 1 aromatic heterocycles. The van der Waals surface area contributed by atoms with Gasteiger partial charge in [0.15, 0.2) is 5.11 Å². The Bertz CT molecular complexity index is 775. The number of rotatable bonds is 8. The SMILES string of the molecule is CCOC(=O)c1cc(-c2ccccc2)sc1NC(=S)N(CC(C)C)CC(C)C. The molecule has 0 amide bonds. The number of ether oxygens (including phenoxy) is 1. The number of esters is 1. The molecule has 2 aromatic rings. The summed E-state index contributed by atoms with van der Waals surface area (Å²) in [6.45, 7) is 12.6. The number of hydrogen-bond donors (Lipinski definition) is 1. The van der Waals surface area contributed by atoms with E-state index in [0.717, 1.165) is 28.5 Å². The van der Waals surface area contributed by atoms with Crippen LogP contribution in [0.25, 0.3) is 10.4 Å². The van der Waals surface area contributed by atoms with Gasteiger partial charge in [-0.2, -0.15) is 0 Å². The van der Waals surface area contributed by atoms with Crippen LogP contribution in [-0.2, 0) is 4.74 Å². The van der Waals surface area contributed by atoms with Crippen molar-refractivity contribution in [2.45, 2.75) is 34.6 Å². The molecule has 0 aliphatic carbocycles. The molecule has 0 atom stereocenters. The monoisotopic (exact) mass is 418 g/mol. The van der Waals surface area contributed by atoms with Crippen molar-refractivity contribution in [3.8, 4) is 10.4 Å². The lowest BCUT2D eigenvalue weighted by atomic mass is 10.1. The van der Waals surface area contributed by atoms with E-state index >= 15 is 0 Å². The first-order valence-electron chi connectivity index (χ1n) is 9.74. The number of nitrogens with one attached hydrogen (secondary N) is 1. The van der Waals surface area contributed by atoms with Crippen LogP contribution in [0.1, 0.15) is 45.0 Å². The first-order valence-corrected chi connectivity index (χ1v) is 11.0. The summed E-state index contributed by atoms with van der Waals surface area (Å²) >= 11 is 7.22. The summed E-state index contributed by atoms with van der Waals surface area (Å²) in [5.74, 6) is 0.656. The Kier molecular flexibility index (Phi) is 8.45. The van der Waals surface area contributed by atoms with Crippen LogP contribution in [0.15, 0.2) is 36.4 Å². The number of carbonyl (C=O) groups excluding carboxylic acids is 1. The smallest absolute Gasteiger partial charge is 0.341 e. The second-order valence-electron chi connectivity index (χ2n) is 7.56. The fourth-order valence-electron chi connectivity index (χ4n) is 2.89. The second kappa shape index (κ2) is 10.6. The molecule has 0 bridgehead atoms. The predicted molar refractivity (Wildman–Crippen MR) is 123 cm³/mol. The van der Waals surface area contributed by atoms with Crippen molar-refractivity contribution in [2.24, 2.45) is 11.8 Å². The molecule has 0 unspecified atom stereocenters. The third kappa shape index (κ3) is 6.31. The van der Waals surface area contributed by atoms with E-state index in [-0.39, 0.29) is 5.97 Å². The van der Waals surface area contributed by atoms with Crippen molar-refractivity contribution in [2.75, 3.05) is 25.0 Å². The summed E-state index contributed by atoms with van der Waals surface area (Å²) in [7, 11) is 0. The molecule has 6 heteroatoms. The van der Waals surface area contributed by atoms with Crippen LogP contribution < -0.4 is 5.32 Å². The lowest BCUT2D eigenvalue weighted by molar-refractivity contribution is 0.0528. The first-order chi connectivity index (χ1) is 13.3. The number of nitrogens with zero attached hydrogens (tertiary/aromatic N) is 1. The molecular weight excluding hydrogens is 388 g/mol. The zero-order valence-electron chi connectivity index (χ0n) is 17.3. The fourth-order valence-corrected chi connectivity index (χ4v) is 4.25. The minimum Gasteiger partial charge on any atom is -0.462 e. The number of benzene rings is 1. The number of thiocarbonyl (C=S) groups is 1. The standard InChI is InChI=1S/C22H30N2O2S2/c1-6-26-21(25)18-12-19(17-10-8-7-9-11-17)28-20(18)23-22(27)24(13-15(2)3)14-16(4)5/h7-12,15-16H,6,13-14H2,1-5H3,(H,23,27). The molecule has 0 saturated carbocycles. The highest BCUT2D eigenvalue weighted by Crippen LogP contribution is 2.36. The van der Waals surface area contributed by atoms with Gasteiger partial charge in [0.1, 0.15) is 5.00 Å². The highest BCUT2D eigenvalue weighted by Gasteiger charge is 2.21. The minimum atomic E-state index is -0.328. The van der Waals surface area contributed by atoms with Gasteiger partial charge in [0.2, 0.25) is 0 Å². The van der Waals surface area contributed by atoms with Gasteiger partial charge in [-0.1, -0.05) is 58.0 Å². The third-order valence-corrected chi connectivity index (χ3v) is 5.42. The molecule has 1 heterocycles. The Morgan fingerprint density at radius 1 is 1.14 bits per heavy atom. The zero-order chi connectivity index (χ0) is 20.7. The molecule has 0 radical (unpaired) electrons. The molecule has 0 spiro atoms. The zero-order valence-corrected chi connectivity index (χ0v) is 19.0. The van der Waals surface area contributed by atoms with Crippen molar-refractivity contribution in [3.05, 3.63) is 42.0 Å². The topological polar surface area (TPSA) is 41.6 Å². The largest absolute Gasteiger partial charge is 0.462 e. The maximum absolute atomic E-state index is 12.5. The average molecular weight is 419 g/mol. The quantitative estimate of drug-likeness (QED) is 0.427. The molecule has 2 rings (SSSR count). The van der Waals surface area contributed by atoms with Gasteiger partial charge in [-0.15, -0.1) is 11.3 Å². The summed E-state index contributed by atoms with van der Waals surface area (Å²) in [5.41, 5.74) is 1.60. The number of carbonyl (C=O) groups is 1. The van der Waals surface area contributed by atoms with Crippen LogP contribution in [-0.4, -0.2) is 35.7 Å². The Morgan fingerprint density at radius 3 is 2.29 bits per heavy atom. The van der Waals surface area contributed by atoms with E-state index in [9.17, 15) is 4.79 Å². The predicted octanol–water partition coefficient (Wildman–Crippen LogP) is 5.90. The molecule has 1 aromatic carbocycles. The van der Waals surface area contributed by atoms with Gasteiger partial charge in [0.05, 0.1) is 12.2 Å². The van der Waals surface area contributed by atoms with Crippen LogP contribution in [0, 0.1) is 11.8 Å². The average Bonchev–Trinajstić information content (AvgIpc) is 3.05. The van der Waals surface area contributed by atoms with E-state index in [0.29, 0.717) is 29.1 Å². The number of thiophene rings is 1. The molecule has 0 saturated heterocycles. The van der Waals surface area contributed by atoms with Gasteiger partial charge in [-0.05, 0) is 42.6 Å². The van der Waals surface area contributed by atoms with Crippen LogP contribution in [0.3, 0.4) is 0 Å². The Hall–Kier alpha value is -1.92. The van der Waals surface area contributed by atoms with Crippen LogP contribution >= 0.6 is 23.6 Å². The normalized spacial score (nSPS) is 11.0. The fraction of sp³-hybridized carbons (Fsp3) is 0.455. The van der Waals surface area contributed by atoms with Gasteiger partial charge >= 0.3 is 5.97 Å². The molecule has 28 heavy (non-hydrogen) atoms. The van der Waals surface area contributed by atoms with Gasteiger partial charge in [-0.3, -0.25) is 0 Å². The summed E-state index contributed by atoms with van der Waals surface area (Å²) in [6.07, 6.45) is 0. The molecule has 4 nitrogen and oxygen atoms in total. The van der Waals surface area contributed by atoms with Crippen molar-refractivity contribution in [1.29, 1.82) is 0 Å². The Labute approximate surface area is 177 Å². The van der Waals surface area contributed by atoms with Crippen molar-refractivity contribution in [3.63, 3.8) is 0 Å². The molecule has 0 aliphatic rings. The van der Waals surface area contributed by atoms with Crippen LogP contribution in [0.2, 0.25) is 0 Å². The molecular formula is C22H30N2O2S2. The summed E-state index contributed by atoms with van der Waals surface area (Å²) < 4.78 is 5.26. The van der Waals surface area contributed by atoms with Gasteiger partial charge in [-0.25, -0.2) is 4.79 Å².